The molecule has 1 aromatic heterocycles. The van der Waals surface area contributed by atoms with Crippen molar-refractivity contribution in [3.8, 4) is 0 Å². The average molecular weight is 295 g/mol. The van der Waals surface area contributed by atoms with Crippen LogP contribution in [0.3, 0.4) is 0 Å². The Morgan fingerprint density at radius 1 is 1.47 bits per heavy atom. The molecule has 0 bridgehead atoms. The molecule has 17 heavy (non-hydrogen) atoms. The van der Waals surface area contributed by atoms with E-state index in [1.54, 1.807) is 42.2 Å². The van der Waals surface area contributed by atoms with Gasteiger partial charge in [0, 0.05) is 23.3 Å². The highest BCUT2D eigenvalue weighted by Crippen LogP contribution is 2.20. The Morgan fingerprint density at radius 2 is 2.24 bits per heavy atom. The topological polar surface area (TPSA) is 72.9 Å². The van der Waals surface area contributed by atoms with E-state index < -0.39 is 0 Å². The molecule has 1 heterocycles. The van der Waals surface area contributed by atoms with Gasteiger partial charge in [0.2, 0.25) is 0 Å². The maximum Gasteiger partial charge on any atom is 0.258 e. The standard InChI is InChI=1S/C11H11BrN4O/c1-16-10(4-5-14-16)15-11(17)8-6-7(13)2-3-9(8)12/h2-6H,13H2,1H3,(H,15,17). The number of rotatable bonds is 2. The first-order chi connectivity index (χ1) is 8.08. The van der Waals surface area contributed by atoms with Crippen LogP contribution in [-0.2, 0) is 7.05 Å². The molecular weight excluding hydrogens is 284 g/mol. The summed E-state index contributed by atoms with van der Waals surface area (Å²) in [4.78, 5) is 12.0. The molecule has 0 aliphatic carbocycles. The van der Waals surface area contributed by atoms with E-state index in [-0.39, 0.29) is 5.91 Å². The van der Waals surface area contributed by atoms with Crippen LogP contribution in [-0.4, -0.2) is 15.7 Å². The van der Waals surface area contributed by atoms with Crippen molar-refractivity contribution in [2.24, 2.45) is 7.05 Å². The third-order valence-corrected chi connectivity index (χ3v) is 2.99. The Kier molecular flexibility index (Phi) is 3.14. The number of nitrogens with two attached hydrogens (primary N) is 1. The second-order valence-corrected chi connectivity index (χ2v) is 4.39. The fraction of sp³-hybridized carbons (Fsp3) is 0.0909. The van der Waals surface area contributed by atoms with E-state index in [1.165, 1.54) is 0 Å². The lowest BCUT2D eigenvalue weighted by Gasteiger charge is -2.07. The molecule has 2 aromatic rings. The summed E-state index contributed by atoms with van der Waals surface area (Å²) >= 11 is 3.31. The predicted molar refractivity (Wildman–Crippen MR) is 69.7 cm³/mol. The third-order valence-electron chi connectivity index (χ3n) is 2.30. The smallest absolute Gasteiger partial charge is 0.258 e. The molecule has 0 saturated heterocycles. The highest BCUT2D eigenvalue weighted by Gasteiger charge is 2.11. The summed E-state index contributed by atoms with van der Waals surface area (Å²) in [6.45, 7) is 0. The van der Waals surface area contributed by atoms with Gasteiger partial charge in [-0.3, -0.25) is 9.48 Å². The molecule has 0 atom stereocenters. The van der Waals surface area contributed by atoms with Crippen LogP contribution in [0.2, 0.25) is 0 Å². The Morgan fingerprint density at radius 3 is 2.88 bits per heavy atom. The van der Waals surface area contributed by atoms with Crippen LogP contribution >= 0.6 is 15.9 Å². The van der Waals surface area contributed by atoms with Crippen LogP contribution in [0.1, 0.15) is 10.4 Å². The van der Waals surface area contributed by atoms with Gasteiger partial charge in [-0.2, -0.15) is 5.10 Å². The van der Waals surface area contributed by atoms with Crippen LogP contribution in [0.25, 0.3) is 0 Å². The number of benzene rings is 1. The molecule has 5 nitrogen and oxygen atoms in total. The Hall–Kier alpha value is -1.82. The first kappa shape index (κ1) is 11.7. The molecule has 0 fully saturated rings. The molecule has 0 aliphatic heterocycles. The quantitative estimate of drug-likeness (QED) is 0.832. The summed E-state index contributed by atoms with van der Waals surface area (Å²) in [7, 11) is 1.75. The zero-order chi connectivity index (χ0) is 12.4. The number of aromatic nitrogens is 2. The number of nitrogen functional groups attached to an aromatic ring is 1. The van der Waals surface area contributed by atoms with Crippen molar-refractivity contribution in [2.75, 3.05) is 11.1 Å². The van der Waals surface area contributed by atoms with Gasteiger partial charge in [-0.1, -0.05) is 0 Å². The molecular formula is C11H11BrN4O. The number of carbonyl (C=O) groups is 1. The average Bonchev–Trinajstić information content (AvgIpc) is 2.68. The zero-order valence-electron chi connectivity index (χ0n) is 9.14. The Bertz CT molecular complexity index is 564. The summed E-state index contributed by atoms with van der Waals surface area (Å²) in [6, 6.07) is 6.81. The first-order valence-corrected chi connectivity index (χ1v) is 5.71. The number of hydrogen-bond acceptors (Lipinski definition) is 3. The second kappa shape index (κ2) is 4.58. The van der Waals surface area contributed by atoms with E-state index in [4.69, 9.17) is 5.73 Å². The number of nitrogens with one attached hydrogen (secondary N) is 1. The lowest BCUT2D eigenvalue weighted by atomic mass is 10.2. The van der Waals surface area contributed by atoms with Gasteiger partial charge in [-0.25, -0.2) is 0 Å². The summed E-state index contributed by atoms with van der Waals surface area (Å²) < 4.78 is 2.28. The lowest BCUT2D eigenvalue weighted by molar-refractivity contribution is 0.102. The summed E-state index contributed by atoms with van der Waals surface area (Å²) in [5.74, 6) is 0.400. The van der Waals surface area contributed by atoms with Crippen molar-refractivity contribution in [2.45, 2.75) is 0 Å². The molecule has 0 aliphatic rings. The highest BCUT2D eigenvalue weighted by atomic mass is 79.9. The molecule has 0 saturated carbocycles. The van der Waals surface area contributed by atoms with E-state index in [1.807, 2.05) is 0 Å². The number of halogens is 1. The van der Waals surface area contributed by atoms with Crippen molar-refractivity contribution < 1.29 is 4.79 Å². The van der Waals surface area contributed by atoms with E-state index in [0.717, 1.165) is 0 Å². The number of carbonyl (C=O) groups excluding carboxylic acids is 1. The van der Waals surface area contributed by atoms with Crippen LogP contribution in [0.15, 0.2) is 34.9 Å². The third kappa shape index (κ3) is 2.47. The van der Waals surface area contributed by atoms with Crippen LogP contribution < -0.4 is 11.1 Å². The van der Waals surface area contributed by atoms with Crippen molar-refractivity contribution in [3.05, 3.63) is 40.5 Å². The van der Waals surface area contributed by atoms with Crippen LogP contribution in [0.4, 0.5) is 11.5 Å². The number of anilines is 2. The highest BCUT2D eigenvalue weighted by molar-refractivity contribution is 9.10. The van der Waals surface area contributed by atoms with Gasteiger partial charge in [0.15, 0.2) is 0 Å². The van der Waals surface area contributed by atoms with Gasteiger partial charge in [0.1, 0.15) is 5.82 Å². The zero-order valence-corrected chi connectivity index (χ0v) is 10.7. The number of hydrogen-bond donors (Lipinski definition) is 2. The largest absolute Gasteiger partial charge is 0.399 e. The van der Waals surface area contributed by atoms with Crippen LogP contribution in [0.5, 0.6) is 0 Å². The fourth-order valence-electron chi connectivity index (χ4n) is 1.40. The minimum atomic E-state index is -0.229. The van der Waals surface area contributed by atoms with Crippen molar-refractivity contribution >= 4 is 33.3 Å². The minimum absolute atomic E-state index is 0.229. The SMILES string of the molecule is Cn1nccc1NC(=O)c1cc(N)ccc1Br. The van der Waals surface area contributed by atoms with Gasteiger partial charge >= 0.3 is 0 Å². The number of amides is 1. The minimum Gasteiger partial charge on any atom is -0.399 e. The van der Waals surface area contributed by atoms with Gasteiger partial charge in [0.05, 0.1) is 11.8 Å². The van der Waals surface area contributed by atoms with Crippen molar-refractivity contribution in [1.29, 1.82) is 0 Å². The summed E-state index contributed by atoms with van der Waals surface area (Å²) in [6.07, 6.45) is 1.62. The molecule has 0 unspecified atom stereocenters. The summed E-state index contributed by atoms with van der Waals surface area (Å²) in [5, 5.41) is 6.72. The predicted octanol–water partition coefficient (Wildman–Crippen LogP) is 2.02. The van der Waals surface area contributed by atoms with Gasteiger partial charge in [-0.05, 0) is 34.1 Å². The van der Waals surface area contributed by atoms with Gasteiger partial charge < -0.3 is 11.1 Å². The molecule has 3 N–H and O–H groups in total. The fourth-order valence-corrected chi connectivity index (χ4v) is 1.82. The monoisotopic (exact) mass is 294 g/mol. The lowest BCUT2D eigenvalue weighted by Crippen LogP contribution is -2.15. The van der Waals surface area contributed by atoms with E-state index in [9.17, 15) is 4.79 Å². The molecule has 1 aromatic carbocycles. The van der Waals surface area contributed by atoms with Crippen molar-refractivity contribution in [3.63, 3.8) is 0 Å². The summed E-state index contributed by atoms with van der Waals surface area (Å²) in [5.41, 5.74) is 6.69. The molecule has 0 spiro atoms. The van der Waals surface area contributed by atoms with E-state index in [2.05, 4.69) is 26.3 Å². The maximum atomic E-state index is 12.0. The van der Waals surface area contributed by atoms with Crippen molar-refractivity contribution in [1.82, 2.24) is 9.78 Å². The second-order valence-electron chi connectivity index (χ2n) is 3.53. The molecule has 1 amide bonds. The molecule has 88 valence electrons. The Balaban J connectivity index is 2.26. The maximum absolute atomic E-state index is 12.0. The number of nitrogens with zero attached hydrogens (tertiary/aromatic N) is 2. The first-order valence-electron chi connectivity index (χ1n) is 4.92. The normalized spacial score (nSPS) is 10.2. The number of aryl methyl sites for hydroxylation is 1. The van der Waals surface area contributed by atoms with E-state index in [0.29, 0.717) is 21.5 Å². The molecule has 6 heteroatoms. The van der Waals surface area contributed by atoms with Crippen LogP contribution in [0, 0.1) is 0 Å². The molecule has 0 radical (unpaired) electrons. The molecule has 2 rings (SSSR count). The Labute approximate surface area is 107 Å². The van der Waals surface area contributed by atoms with Gasteiger partial charge in [-0.15, -0.1) is 0 Å². The van der Waals surface area contributed by atoms with Gasteiger partial charge in [0.25, 0.3) is 5.91 Å². The van der Waals surface area contributed by atoms with E-state index >= 15 is 0 Å².